The summed E-state index contributed by atoms with van der Waals surface area (Å²) in [6.07, 6.45) is 13.2. The Morgan fingerprint density at radius 2 is 1.88 bits per heavy atom. The van der Waals surface area contributed by atoms with E-state index in [1.165, 1.54) is 31.2 Å². The SMILES string of the molecule is C#CC(Cc1ccc(O)cc1)CC1CCCC1. The van der Waals surface area contributed by atoms with E-state index in [0.717, 1.165) is 18.8 Å². The van der Waals surface area contributed by atoms with Crippen LogP contribution in [0.2, 0.25) is 0 Å². The van der Waals surface area contributed by atoms with Crippen LogP contribution in [0.4, 0.5) is 0 Å². The van der Waals surface area contributed by atoms with Crippen molar-refractivity contribution in [3.63, 3.8) is 0 Å². The van der Waals surface area contributed by atoms with Gasteiger partial charge in [0.1, 0.15) is 5.75 Å². The molecule has 1 aliphatic carbocycles. The van der Waals surface area contributed by atoms with Gasteiger partial charge in [-0.1, -0.05) is 37.8 Å². The molecule has 0 bridgehead atoms. The summed E-state index contributed by atoms with van der Waals surface area (Å²) in [6, 6.07) is 7.40. The number of terminal acetylenes is 1. The number of aromatic hydroxyl groups is 1. The molecule has 0 saturated heterocycles. The molecule has 17 heavy (non-hydrogen) atoms. The molecule has 1 unspecified atom stereocenters. The normalized spacial score (nSPS) is 17.8. The fourth-order valence-corrected chi connectivity index (χ4v) is 2.78. The molecular weight excluding hydrogens is 208 g/mol. The first kappa shape index (κ1) is 12.0. The molecule has 0 aliphatic heterocycles. The summed E-state index contributed by atoms with van der Waals surface area (Å²) in [7, 11) is 0. The lowest BCUT2D eigenvalue weighted by Crippen LogP contribution is -2.07. The van der Waals surface area contributed by atoms with Gasteiger partial charge in [-0.3, -0.25) is 0 Å². The van der Waals surface area contributed by atoms with Crippen molar-refractivity contribution >= 4 is 0 Å². The van der Waals surface area contributed by atoms with Crippen LogP contribution in [0.15, 0.2) is 24.3 Å². The zero-order chi connectivity index (χ0) is 12.1. The summed E-state index contributed by atoms with van der Waals surface area (Å²) in [5.41, 5.74) is 1.23. The zero-order valence-electron chi connectivity index (χ0n) is 10.2. The summed E-state index contributed by atoms with van der Waals surface area (Å²) in [5.74, 6) is 4.44. The molecule has 2 rings (SSSR count). The summed E-state index contributed by atoms with van der Waals surface area (Å²) in [6.45, 7) is 0. The van der Waals surface area contributed by atoms with Gasteiger partial charge in [-0.2, -0.15) is 0 Å². The second kappa shape index (κ2) is 5.77. The molecule has 1 aromatic rings. The van der Waals surface area contributed by atoms with Crippen molar-refractivity contribution in [2.75, 3.05) is 0 Å². The molecule has 0 aromatic heterocycles. The van der Waals surface area contributed by atoms with Gasteiger partial charge in [0.15, 0.2) is 0 Å². The lowest BCUT2D eigenvalue weighted by molar-refractivity contribution is 0.432. The number of hydrogen-bond acceptors (Lipinski definition) is 1. The Hall–Kier alpha value is -1.42. The van der Waals surface area contributed by atoms with Gasteiger partial charge in [-0.25, -0.2) is 0 Å². The standard InChI is InChI=1S/C16H20O/c1-2-13(11-14-5-3-4-6-14)12-15-7-9-16(17)10-8-15/h1,7-10,13-14,17H,3-6,11-12H2. The zero-order valence-corrected chi connectivity index (χ0v) is 10.2. The number of phenols is 1. The highest BCUT2D eigenvalue weighted by molar-refractivity contribution is 5.26. The molecule has 1 nitrogen and oxygen atoms in total. The Kier molecular flexibility index (Phi) is 4.09. The van der Waals surface area contributed by atoms with Crippen molar-refractivity contribution < 1.29 is 5.11 Å². The van der Waals surface area contributed by atoms with Crippen molar-refractivity contribution in [1.82, 2.24) is 0 Å². The summed E-state index contributed by atoms with van der Waals surface area (Å²) in [5, 5.41) is 9.24. The molecule has 0 amide bonds. The summed E-state index contributed by atoms with van der Waals surface area (Å²) in [4.78, 5) is 0. The predicted molar refractivity (Wildman–Crippen MR) is 70.7 cm³/mol. The second-order valence-corrected chi connectivity index (χ2v) is 5.12. The molecular formula is C16H20O. The topological polar surface area (TPSA) is 20.2 Å². The smallest absolute Gasteiger partial charge is 0.115 e. The van der Waals surface area contributed by atoms with Crippen LogP contribution in [-0.2, 0) is 6.42 Å². The maximum atomic E-state index is 9.24. The van der Waals surface area contributed by atoms with Gasteiger partial charge < -0.3 is 5.11 Å². The number of phenolic OH excluding ortho intramolecular Hbond substituents is 1. The summed E-state index contributed by atoms with van der Waals surface area (Å²) < 4.78 is 0. The van der Waals surface area contributed by atoms with Gasteiger partial charge in [0.25, 0.3) is 0 Å². The van der Waals surface area contributed by atoms with E-state index < -0.39 is 0 Å². The van der Waals surface area contributed by atoms with Gasteiger partial charge in [0.05, 0.1) is 0 Å². The first-order valence-corrected chi connectivity index (χ1v) is 6.52. The first-order valence-electron chi connectivity index (χ1n) is 6.52. The van der Waals surface area contributed by atoms with Crippen LogP contribution in [0.3, 0.4) is 0 Å². The third-order valence-corrected chi connectivity index (χ3v) is 3.75. The van der Waals surface area contributed by atoms with Gasteiger partial charge in [0.2, 0.25) is 0 Å². The Labute approximate surface area is 104 Å². The molecule has 0 spiro atoms. The van der Waals surface area contributed by atoms with Crippen LogP contribution in [0.25, 0.3) is 0 Å². The van der Waals surface area contributed by atoms with E-state index in [2.05, 4.69) is 5.92 Å². The van der Waals surface area contributed by atoms with Gasteiger partial charge in [-0.15, -0.1) is 12.3 Å². The van der Waals surface area contributed by atoms with E-state index in [-0.39, 0.29) is 0 Å². The third-order valence-electron chi connectivity index (χ3n) is 3.75. The lowest BCUT2D eigenvalue weighted by Gasteiger charge is -2.15. The maximum absolute atomic E-state index is 9.24. The highest BCUT2D eigenvalue weighted by Crippen LogP contribution is 2.31. The van der Waals surface area contributed by atoms with E-state index in [1.54, 1.807) is 12.1 Å². The average molecular weight is 228 g/mol. The molecule has 1 heteroatoms. The Balaban J connectivity index is 1.90. The van der Waals surface area contributed by atoms with Crippen LogP contribution < -0.4 is 0 Å². The second-order valence-electron chi connectivity index (χ2n) is 5.12. The number of benzene rings is 1. The van der Waals surface area contributed by atoms with Crippen LogP contribution in [-0.4, -0.2) is 5.11 Å². The third kappa shape index (κ3) is 3.53. The number of rotatable bonds is 4. The van der Waals surface area contributed by atoms with E-state index >= 15 is 0 Å². The van der Waals surface area contributed by atoms with Crippen LogP contribution >= 0.6 is 0 Å². The largest absolute Gasteiger partial charge is 0.508 e. The van der Waals surface area contributed by atoms with Crippen molar-refractivity contribution in [1.29, 1.82) is 0 Å². The fourth-order valence-electron chi connectivity index (χ4n) is 2.78. The molecule has 1 aliphatic rings. The predicted octanol–water partition coefficient (Wildman–Crippen LogP) is 3.76. The Morgan fingerprint density at radius 3 is 2.47 bits per heavy atom. The van der Waals surface area contributed by atoms with Crippen LogP contribution in [0.5, 0.6) is 5.75 Å². The van der Waals surface area contributed by atoms with Crippen molar-refractivity contribution in [2.24, 2.45) is 11.8 Å². The van der Waals surface area contributed by atoms with Gasteiger partial charge in [0, 0.05) is 5.92 Å². The van der Waals surface area contributed by atoms with Crippen molar-refractivity contribution in [3.8, 4) is 18.1 Å². The van der Waals surface area contributed by atoms with Gasteiger partial charge in [-0.05, 0) is 36.5 Å². The molecule has 0 radical (unpaired) electrons. The molecule has 1 N–H and O–H groups in total. The Morgan fingerprint density at radius 1 is 1.24 bits per heavy atom. The van der Waals surface area contributed by atoms with E-state index in [1.807, 2.05) is 12.1 Å². The van der Waals surface area contributed by atoms with Gasteiger partial charge >= 0.3 is 0 Å². The molecule has 1 atom stereocenters. The molecule has 1 fully saturated rings. The quantitative estimate of drug-likeness (QED) is 0.778. The minimum Gasteiger partial charge on any atom is -0.508 e. The Bertz CT molecular complexity index is 379. The van der Waals surface area contributed by atoms with Crippen molar-refractivity contribution in [3.05, 3.63) is 29.8 Å². The highest BCUT2D eigenvalue weighted by atomic mass is 16.3. The highest BCUT2D eigenvalue weighted by Gasteiger charge is 2.19. The summed E-state index contributed by atoms with van der Waals surface area (Å²) >= 11 is 0. The van der Waals surface area contributed by atoms with E-state index in [0.29, 0.717) is 11.7 Å². The minimum atomic E-state index is 0.321. The number of hydrogen-bond donors (Lipinski definition) is 1. The lowest BCUT2D eigenvalue weighted by atomic mass is 9.89. The molecule has 90 valence electrons. The molecule has 1 aromatic carbocycles. The minimum absolute atomic E-state index is 0.321. The van der Waals surface area contributed by atoms with Crippen LogP contribution in [0, 0.1) is 24.2 Å². The first-order chi connectivity index (χ1) is 8.28. The molecule has 1 saturated carbocycles. The monoisotopic (exact) mass is 228 g/mol. The van der Waals surface area contributed by atoms with Crippen molar-refractivity contribution in [2.45, 2.75) is 38.5 Å². The van der Waals surface area contributed by atoms with E-state index in [4.69, 9.17) is 6.42 Å². The maximum Gasteiger partial charge on any atom is 0.115 e. The average Bonchev–Trinajstić information content (AvgIpc) is 2.84. The van der Waals surface area contributed by atoms with Crippen LogP contribution in [0.1, 0.15) is 37.7 Å². The van der Waals surface area contributed by atoms with E-state index in [9.17, 15) is 5.11 Å². The molecule has 0 heterocycles. The fraction of sp³-hybridized carbons (Fsp3) is 0.500.